The third-order valence-corrected chi connectivity index (χ3v) is 5.50. The lowest BCUT2D eigenvalue weighted by Crippen LogP contribution is -2.49. The fourth-order valence-corrected chi connectivity index (χ4v) is 4.75. The molecule has 4 rings (SSSR count). The van der Waals surface area contributed by atoms with Crippen LogP contribution < -0.4 is 0 Å². The van der Waals surface area contributed by atoms with Crippen LogP contribution in [0.25, 0.3) is 0 Å². The molecule has 3 heterocycles. The molecular weight excluding hydrogens is 252 g/mol. The fraction of sp³-hybridized carbons (Fsp3) is 0.562. The quantitative estimate of drug-likeness (QED) is 0.847. The van der Waals surface area contributed by atoms with Crippen LogP contribution in [0.15, 0.2) is 24.3 Å². The Morgan fingerprint density at radius 1 is 1.40 bits per heavy atom. The van der Waals surface area contributed by atoms with Gasteiger partial charge in [0.25, 0.3) is 0 Å². The van der Waals surface area contributed by atoms with Crippen molar-refractivity contribution in [1.29, 1.82) is 0 Å². The number of carbonyl (C=O) groups is 1. The normalized spacial score (nSPS) is 36.5. The largest absolute Gasteiger partial charge is 0.508 e. The molecule has 3 aliphatic rings. The molecule has 0 bridgehead atoms. The van der Waals surface area contributed by atoms with Gasteiger partial charge in [0.05, 0.1) is 0 Å². The molecule has 1 aromatic rings. The smallest absolute Gasteiger partial charge is 0.243 e. The van der Waals surface area contributed by atoms with Crippen LogP contribution in [0.3, 0.4) is 0 Å². The molecule has 0 unspecified atom stereocenters. The Kier molecular flexibility index (Phi) is 2.43. The minimum Gasteiger partial charge on any atom is -0.508 e. The van der Waals surface area contributed by atoms with Gasteiger partial charge in [0.2, 0.25) is 5.91 Å². The highest BCUT2D eigenvalue weighted by atomic mass is 16.3. The molecule has 0 radical (unpaired) electrons. The molecule has 106 valence electrons. The average Bonchev–Trinajstić information content (AvgIpc) is 3.03. The number of aromatic hydroxyl groups is 1. The molecule has 3 saturated heterocycles. The Morgan fingerprint density at radius 2 is 2.25 bits per heavy atom. The van der Waals surface area contributed by atoms with Crippen molar-refractivity contribution in [1.82, 2.24) is 9.80 Å². The number of amides is 1. The Bertz CT molecular complexity index is 573. The third kappa shape index (κ3) is 1.37. The monoisotopic (exact) mass is 272 g/mol. The van der Waals surface area contributed by atoms with Gasteiger partial charge < -0.3 is 10.0 Å². The first-order chi connectivity index (χ1) is 9.63. The number of nitrogens with zero attached hydrogens (tertiary/aromatic N) is 2. The van der Waals surface area contributed by atoms with E-state index in [1.165, 1.54) is 0 Å². The molecule has 0 aliphatic carbocycles. The van der Waals surface area contributed by atoms with Crippen LogP contribution in [-0.2, 0) is 4.79 Å². The van der Waals surface area contributed by atoms with Crippen LogP contribution in [0.4, 0.5) is 0 Å². The first-order valence-corrected chi connectivity index (χ1v) is 7.44. The lowest BCUT2D eigenvalue weighted by Gasteiger charge is -2.33. The number of likely N-dealkylation sites (N-methyl/N-ethyl adjacent to an activating group) is 1. The highest BCUT2D eigenvalue weighted by Gasteiger charge is 2.64. The van der Waals surface area contributed by atoms with Gasteiger partial charge >= 0.3 is 0 Å². The maximum absolute atomic E-state index is 12.7. The molecule has 20 heavy (non-hydrogen) atoms. The summed E-state index contributed by atoms with van der Waals surface area (Å²) in [5, 5.41) is 9.72. The lowest BCUT2D eigenvalue weighted by atomic mass is 9.85. The molecule has 1 spiro atoms. The van der Waals surface area contributed by atoms with E-state index >= 15 is 0 Å². The van der Waals surface area contributed by atoms with Gasteiger partial charge in [-0.1, -0.05) is 12.1 Å². The van der Waals surface area contributed by atoms with Crippen molar-refractivity contribution in [3.63, 3.8) is 0 Å². The van der Waals surface area contributed by atoms with Crippen molar-refractivity contribution in [3.8, 4) is 5.75 Å². The number of benzene rings is 1. The second-order valence-electron chi connectivity index (χ2n) is 6.45. The van der Waals surface area contributed by atoms with E-state index in [0.29, 0.717) is 17.6 Å². The van der Waals surface area contributed by atoms with Crippen LogP contribution >= 0.6 is 0 Å². The standard InChI is InChI=1S/C16H20N2O2/c1-17-10-12-9-14(11-4-2-5-13(19)8-11)18-7-3-6-16(12,18)15(17)20/h2,4-5,8,12,14,19H,3,6-7,9-10H2,1H3/t12-,14-,16-/m0/s1. The van der Waals surface area contributed by atoms with Crippen molar-refractivity contribution in [2.24, 2.45) is 5.92 Å². The van der Waals surface area contributed by atoms with E-state index in [-0.39, 0.29) is 11.6 Å². The minimum absolute atomic E-state index is 0.245. The maximum Gasteiger partial charge on any atom is 0.243 e. The molecule has 1 aromatic carbocycles. The van der Waals surface area contributed by atoms with Gasteiger partial charge in [-0.3, -0.25) is 9.69 Å². The molecule has 0 saturated carbocycles. The topological polar surface area (TPSA) is 43.8 Å². The average molecular weight is 272 g/mol. The maximum atomic E-state index is 12.7. The summed E-state index contributed by atoms with van der Waals surface area (Å²) in [4.78, 5) is 17.0. The third-order valence-electron chi connectivity index (χ3n) is 5.50. The number of hydrogen-bond donors (Lipinski definition) is 1. The number of hydrogen-bond acceptors (Lipinski definition) is 3. The summed E-state index contributed by atoms with van der Waals surface area (Å²) in [5.74, 6) is 1.06. The van der Waals surface area contributed by atoms with Gasteiger partial charge in [0.15, 0.2) is 0 Å². The minimum atomic E-state index is -0.245. The first-order valence-electron chi connectivity index (χ1n) is 7.44. The van der Waals surface area contributed by atoms with E-state index in [1.807, 2.05) is 24.1 Å². The second kappa shape index (κ2) is 3.98. The zero-order chi connectivity index (χ0) is 13.9. The predicted octanol–water partition coefficient (Wildman–Crippen LogP) is 1.76. The van der Waals surface area contributed by atoms with Crippen LogP contribution in [0, 0.1) is 5.92 Å². The number of carbonyl (C=O) groups excluding carboxylic acids is 1. The van der Waals surface area contributed by atoms with Gasteiger partial charge in [-0.25, -0.2) is 0 Å². The zero-order valence-electron chi connectivity index (χ0n) is 11.7. The van der Waals surface area contributed by atoms with E-state index < -0.39 is 0 Å². The molecule has 3 atom stereocenters. The summed E-state index contributed by atoms with van der Waals surface area (Å²) in [7, 11) is 1.93. The van der Waals surface area contributed by atoms with Crippen molar-refractivity contribution in [2.75, 3.05) is 20.1 Å². The molecule has 1 amide bonds. The summed E-state index contributed by atoms with van der Waals surface area (Å²) in [6.07, 6.45) is 3.13. The summed E-state index contributed by atoms with van der Waals surface area (Å²) in [6.45, 7) is 1.88. The van der Waals surface area contributed by atoms with Crippen LogP contribution in [-0.4, -0.2) is 46.5 Å². The van der Waals surface area contributed by atoms with Gasteiger partial charge in [0, 0.05) is 25.6 Å². The Hall–Kier alpha value is -1.55. The second-order valence-corrected chi connectivity index (χ2v) is 6.45. The number of likely N-dealkylation sites (tertiary alicyclic amines) is 1. The van der Waals surface area contributed by atoms with Crippen LogP contribution in [0.1, 0.15) is 30.9 Å². The molecule has 1 N–H and O–H groups in total. The van der Waals surface area contributed by atoms with E-state index in [2.05, 4.69) is 11.0 Å². The Balaban J connectivity index is 1.75. The van der Waals surface area contributed by atoms with Crippen molar-refractivity contribution < 1.29 is 9.90 Å². The molecule has 4 nitrogen and oxygen atoms in total. The van der Waals surface area contributed by atoms with Crippen molar-refractivity contribution >= 4 is 5.91 Å². The van der Waals surface area contributed by atoms with Crippen LogP contribution in [0.5, 0.6) is 5.75 Å². The zero-order valence-corrected chi connectivity index (χ0v) is 11.7. The highest BCUT2D eigenvalue weighted by molar-refractivity contribution is 5.90. The van der Waals surface area contributed by atoms with Gasteiger partial charge in [-0.2, -0.15) is 0 Å². The van der Waals surface area contributed by atoms with E-state index in [9.17, 15) is 9.90 Å². The summed E-state index contributed by atoms with van der Waals surface area (Å²) >= 11 is 0. The number of phenolic OH excluding ortho intramolecular Hbond substituents is 1. The highest BCUT2D eigenvalue weighted by Crippen LogP contribution is 2.55. The van der Waals surface area contributed by atoms with Crippen molar-refractivity contribution in [2.45, 2.75) is 30.8 Å². The number of phenols is 1. The number of rotatable bonds is 1. The van der Waals surface area contributed by atoms with E-state index in [1.54, 1.807) is 6.07 Å². The van der Waals surface area contributed by atoms with Gasteiger partial charge in [-0.05, 0) is 43.5 Å². The molecule has 0 aromatic heterocycles. The van der Waals surface area contributed by atoms with Crippen LogP contribution in [0.2, 0.25) is 0 Å². The van der Waals surface area contributed by atoms with E-state index in [4.69, 9.17) is 0 Å². The molecular formula is C16H20N2O2. The summed E-state index contributed by atoms with van der Waals surface area (Å²) in [5.41, 5.74) is 0.904. The van der Waals surface area contributed by atoms with Gasteiger partial charge in [0.1, 0.15) is 11.3 Å². The molecule has 3 fully saturated rings. The predicted molar refractivity (Wildman–Crippen MR) is 75.3 cm³/mol. The molecule has 4 heteroatoms. The Morgan fingerprint density at radius 3 is 3.05 bits per heavy atom. The Labute approximate surface area is 119 Å². The van der Waals surface area contributed by atoms with Gasteiger partial charge in [-0.15, -0.1) is 0 Å². The molecule has 3 aliphatic heterocycles. The van der Waals surface area contributed by atoms with E-state index in [0.717, 1.165) is 37.9 Å². The first kappa shape index (κ1) is 12.2. The SMILES string of the molecule is CN1C[C@@H]2C[C@@H](c3cccc(O)c3)N3CCC[C@@]23C1=O. The fourth-order valence-electron chi connectivity index (χ4n) is 4.75. The van der Waals surface area contributed by atoms with Crippen molar-refractivity contribution in [3.05, 3.63) is 29.8 Å². The summed E-state index contributed by atoms with van der Waals surface area (Å²) in [6, 6.07) is 7.82. The summed E-state index contributed by atoms with van der Waals surface area (Å²) < 4.78 is 0. The lowest BCUT2D eigenvalue weighted by molar-refractivity contribution is -0.135.